The summed E-state index contributed by atoms with van der Waals surface area (Å²) in [6.45, 7) is 0. The SMILES string of the molecule is O=S1(=O)c2ccccc2-c2ccccc21.O=S1c2ccccc2-c2ccccc21.O=[S+]1(O)c2ccccc2-c2ccccc21.O=[SH+]1c2ccccc2-c2ccccc21.OO.OO.O[s+]1c2ccccc2c2ccccc21.[H+].[H+].[OH3+].[OH3+].c1ccc2c(c1)sc1ccccc12. The Kier molecular flexibility index (Phi) is 21.5. The summed E-state index contributed by atoms with van der Waals surface area (Å²) in [5.74, 6) is 0. The Bertz CT molecular complexity index is 4760. The van der Waals surface area contributed by atoms with Crippen LogP contribution in [0.15, 0.2) is 330 Å². The van der Waals surface area contributed by atoms with Crippen LogP contribution in [0.2, 0.25) is 0 Å². The smallest absolute Gasteiger partial charge is 0.457 e. The maximum atomic E-state index is 12.2. The van der Waals surface area contributed by atoms with Crippen LogP contribution < -0.4 is 0 Å². The third-order valence-corrected chi connectivity index (χ3v) is 24.7. The second-order valence-electron chi connectivity index (χ2n) is 20.0. The lowest BCUT2D eigenvalue weighted by atomic mass is 10.1. The van der Waals surface area contributed by atoms with Crippen LogP contribution in [0, 0.1) is 0 Å². The van der Waals surface area contributed by atoms with Crippen molar-refractivity contribution in [1.82, 2.24) is 0 Å². The molecule has 0 aliphatic carbocycles. The monoisotopic (exact) mass is 1330 g/mol. The maximum Gasteiger partial charge on any atom is 1.00 e. The van der Waals surface area contributed by atoms with E-state index < -0.39 is 52.4 Å². The molecule has 2 aromatic heterocycles. The van der Waals surface area contributed by atoms with Crippen LogP contribution in [-0.2, 0) is 61.0 Å². The van der Waals surface area contributed by atoms with E-state index in [9.17, 15) is 30.1 Å². The van der Waals surface area contributed by atoms with Gasteiger partial charge in [0.05, 0.1) is 41.2 Å². The Hall–Kier alpha value is -8.84. The largest absolute Gasteiger partial charge is 1.00 e. The minimum atomic E-state index is -3.26. The molecule has 6 heterocycles. The highest BCUT2D eigenvalue weighted by molar-refractivity contribution is 7.98. The van der Waals surface area contributed by atoms with E-state index in [1.807, 2.05) is 193 Å². The molecule has 0 amide bonds. The molecule has 4 aliphatic heterocycles. The second kappa shape index (κ2) is 29.4. The predicted molar refractivity (Wildman–Crippen MR) is 374 cm³/mol. The molecule has 12 aromatic carbocycles. The molecule has 0 spiro atoms. The third-order valence-electron chi connectivity index (χ3n) is 15.1. The maximum absolute atomic E-state index is 12.2. The van der Waals surface area contributed by atoms with Crippen molar-refractivity contribution in [3.63, 3.8) is 0 Å². The van der Waals surface area contributed by atoms with Crippen molar-refractivity contribution in [1.29, 1.82) is 0 Å². The fourth-order valence-electron chi connectivity index (χ4n) is 11.2. The van der Waals surface area contributed by atoms with Crippen LogP contribution >= 0.6 is 22.1 Å². The second-order valence-corrected chi connectivity index (χ2v) is 29.3. The summed E-state index contributed by atoms with van der Waals surface area (Å²) >= 11 is 1.86. The lowest BCUT2D eigenvalue weighted by Gasteiger charge is -1.95. The van der Waals surface area contributed by atoms with Gasteiger partial charge < -0.3 is 11.0 Å². The van der Waals surface area contributed by atoms with Gasteiger partial charge >= 0.3 is 2.85 Å². The van der Waals surface area contributed by atoms with E-state index >= 15 is 0 Å². The van der Waals surface area contributed by atoms with Crippen molar-refractivity contribution in [3.8, 4) is 44.5 Å². The molecule has 0 fully saturated rings. The molecule has 0 unspecified atom stereocenters. The van der Waals surface area contributed by atoms with Gasteiger partial charge in [-0.2, -0.15) is 9.11 Å². The van der Waals surface area contributed by atoms with E-state index in [4.69, 9.17) is 21.0 Å². The van der Waals surface area contributed by atoms with Crippen LogP contribution in [0.1, 0.15) is 2.85 Å². The van der Waals surface area contributed by atoms with Crippen LogP contribution in [0.25, 0.3) is 84.9 Å². The molecule has 91 heavy (non-hydrogen) atoms. The van der Waals surface area contributed by atoms with Crippen molar-refractivity contribution in [2.75, 3.05) is 0 Å². The summed E-state index contributed by atoms with van der Waals surface area (Å²) in [5, 5.41) is 29.1. The highest BCUT2D eigenvalue weighted by Crippen LogP contribution is 2.47. The van der Waals surface area contributed by atoms with E-state index in [0.717, 1.165) is 73.5 Å². The molecule has 13 nitrogen and oxygen atoms in total. The highest BCUT2D eigenvalue weighted by Gasteiger charge is 2.44. The van der Waals surface area contributed by atoms with Gasteiger partial charge in [0.1, 0.15) is 10.8 Å². The van der Waals surface area contributed by atoms with Crippen LogP contribution in [0.3, 0.4) is 0 Å². The molecule has 12 N–H and O–H groups in total. The Morgan fingerprint density at radius 3 is 1.10 bits per heavy atom. The number of hydrogen-bond donors (Lipinski definition) is 6. The van der Waals surface area contributed by atoms with Gasteiger partial charge in [0.2, 0.25) is 29.0 Å². The highest BCUT2D eigenvalue weighted by atomic mass is 32.3. The zero-order chi connectivity index (χ0) is 62.2. The summed E-state index contributed by atoms with van der Waals surface area (Å²) in [7, 11) is -9.32. The van der Waals surface area contributed by atoms with Gasteiger partial charge in [-0.15, -0.1) is 11.3 Å². The van der Waals surface area contributed by atoms with Crippen LogP contribution in [0.5, 0.6) is 0 Å². The number of thiophene rings is 2. The molecule has 0 saturated heterocycles. The zero-order valence-electron chi connectivity index (χ0n) is 50.1. The molecule has 0 bridgehead atoms. The summed E-state index contributed by atoms with van der Waals surface area (Å²) in [6.07, 6.45) is 0. The number of sulfone groups is 1. The number of fused-ring (bicyclic) bond motifs is 18. The van der Waals surface area contributed by atoms with Gasteiger partial charge in [-0.05, 0) is 108 Å². The average Bonchev–Trinajstić information content (AvgIpc) is 1.62. The first-order valence-corrected chi connectivity index (χ1v) is 34.9. The van der Waals surface area contributed by atoms with Crippen molar-refractivity contribution in [3.05, 3.63) is 291 Å². The quantitative estimate of drug-likeness (QED) is 0.0359. The first-order chi connectivity index (χ1) is 43.5. The van der Waals surface area contributed by atoms with Crippen LogP contribution in [0.4, 0.5) is 0 Å². The molecule has 19 heteroatoms. The third kappa shape index (κ3) is 12.8. The van der Waals surface area contributed by atoms with E-state index in [0.29, 0.717) is 19.6 Å². The Balaban J connectivity index is 0.000000155. The normalized spacial score (nSPS) is 12.9. The number of rotatable bonds is 0. The molecule has 0 atom stereocenters. The van der Waals surface area contributed by atoms with E-state index in [1.54, 1.807) is 48.5 Å². The van der Waals surface area contributed by atoms with Crippen LogP contribution in [-0.4, -0.2) is 42.8 Å². The van der Waals surface area contributed by atoms with Crippen molar-refractivity contribution < 1.29 is 65.0 Å². The van der Waals surface area contributed by atoms with Crippen molar-refractivity contribution >= 4 is 104 Å². The standard InChI is InChI=1S/2C12H8O2S.C12H9OS.2C12H8OS.C12H8S.2H2O2.2H2O/c2*13-15(14)11-7-3-1-5-9(11)10-6-2-4-8-12(10)15;3*13-14-11-7-3-1-5-9(11)10-6-2-4-8-12(10)14;1-3-7-11-9(5-1)10-6-2-4-8-12(10)13-11;2*1-2;;/h2*1-8H;1-8,13H;2*1-8H;1-8H;2*1-2H;2*1H2/q;;+1;;;;;;;/p+6. The van der Waals surface area contributed by atoms with E-state index in [2.05, 4.69) is 60.7 Å². The summed E-state index contributed by atoms with van der Waals surface area (Å²) in [5.41, 5.74) is 7.86. The first kappa shape index (κ1) is 66.6. The molecule has 0 saturated carbocycles. The fraction of sp³-hybridized carbons (Fsp3) is 0. The minimum absolute atomic E-state index is 0. The summed E-state index contributed by atoms with van der Waals surface area (Å²) in [4.78, 5) is 5.74. The Morgan fingerprint density at radius 1 is 0.385 bits per heavy atom. The molecular weight excluding hydrogens is 1270 g/mol. The molecule has 14 aromatic rings. The lowest BCUT2D eigenvalue weighted by Crippen LogP contribution is -2.05. The van der Waals surface area contributed by atoms with Gasteiger partial charge in [-0.25, -0.2) is 12.6 Å². The number of benzene rings is 12. The van der Waals surface area contributed by atoms with Gasteiger partial charge in [0, 0.05) is 65.7 Å². The minimum Gasteiger partial charge on any atom is -0.457 e. The molecular formula is C72H63O13S6+7. The van der Waals surface area contributed by atoms with Crippen molar-refractivity contribution in [2.45, 2.75) is 39.2 Å². The first-order valence-electron chi connectivity index (χ1n) is 27.5. The predicted octanol–water partition coefficient (Wildman–Crippen LogP) is 17.5. The fourth-order valence-corrected chi connectivity index (χ4v) is 20.0. The number of hydrogen-bond acceptors (Lipinski definition) is 11. The molecule has 458 valence electrons. The zero-order valence-corrected chi connectivity index (χ0v) is 53.1. The number of thiol groups is 1. The Labute approximate surface area is 540 Å². The van der Waals surface area contributed by atoms with E-state index in [1.165, 1.54) is 30.9 Å². The van der Waals surface area contributed by atoms with Crippen molar-refractivity contribution in [2.24, 2.45) is 0 Å². The Morgan fingerprint density at radius 2 is 0.681 bits per heavy atom. The van der Waals surface area contributed by atoms with Gasteiger partial charge in [-0.3, -0.25) is 21.0 Å². The molecule has 4 aliphatic rings. The average molecular weight is 1330 g/mol. The van der Waals surface area contributed by atoms with E-state index in [-0.39, 0.29) is 13.8 Å². The molecule has 0 radical (unpaired) electrons. The van der Waals surface area contributed by atoms with Gasteiger partial charge in [0.15, 0.2) is 20.5 Å². The van der Waals surface area contributed by atoms with Gasteiger partial charge in [0.25, 0.3) is 10.2 Å². The lowest BCUT2D eigenvalue weighted by molar-refractivity contribution is -0.176. The topological polar surface area (TPSA) is 273 Å². The summed E-state index contributed by atoms with van der Waals surface area (Å²) < 4.78 is 85.3. The summed E-state index contributed by atoms with van der Waals surface area (Å²) in [6, 6.07) is 93.6. The molecule has 18 rings (SSSR count). The van der Waals surface area contributed by atoms with Gasteiger partial charge in [-0.1, -0.05) is 190 Å².